The van der Waals surface area contributed by atoms with Crippen LogP contribution in [0.15, 0.2) is 59.8 Å². The molecule has 0 saturated carbocycles. The van der Waals surface area contributed by atoms with E-state index in [9.17, 15) is 9.59 Å². The first-order chi connectivity index (χ1) is 13.6. The van der Waals surface area contributed by atoms with Crippen molar-refractivity contribution in [2.75, 3.05) is 14.2 Å². The van der Waals surface area contributed by atoms with Crippen molar-refractivity contribution in [3.05, 3.63) is 70.9 Å². The fraction of sp³-hybridized carbons (Fsp3) is 0.304. The lowest BCUT2D eigenvalue weighted by molar-refractivity contribution is -0.122. The van der Waals surface area contributed by atoms with Gasteiger partial charge < -0.3 is 14.8 Å². The Balaban J connectivity index is 1.73. The first kappa shape index (κ1) is 18.3. The molecule has 28 heavy (non-hydrogen) atoms. The highest BCUT2D eigenvalue weighted by Gasteiger charge is 2.38. The maximum Gasteiger partial charge on any atom is 0.225 e. The summed E-state index contributed by atoms with van der Waals surface area (Å²) in [6.45, 7) is 0. The van der Waals surface area contributed by atoms with E-state index in [-0.39, 0.29) is 23.5 Å². The van der Waals surface area contributed by atoms with Gasteiger partial charge in [0.1, 0.15) is 11.5 Å². The van der Waals surface area contributed by atoms with Gasteiger partial charge in [-0.25, -0.2) is 0 Å². The molecule has 5 heteroatoms. The lowest BCUT2D eigenvalue weighted by Crippen LogP contribution is -2.38. The Morgan fingerprint density at radius 2 is 1.71 bits per heavy atom. The highest BCUT2D eigenvalue weighted by molar-refractivity contribution is 6.02. The normalized spacial score (nSPS) is 21.8. The molecule has 0 bridgehead atoms. The van der Waals surface area contributed by atoms with Crippen LogP contribution in [0.4, 0.5) is 0 Å². The van der Waals surface area contributed by atoms with E-state index >= 15 is 0 Å². The standard InChI is InChI=1S/C23H23NO4/c1-27-16-8-9-21(28-2)17(12-16)15-10-19-23(20(25)11-15)18(13-22(26)24-19)14-6-4-3-5-7-14/h3-9,12,15,18H,10-11,13H2,1-2H3,(H,24,26). The minimum Gasteiger partial charge on any atom is -0.497 e. The Labute approximate surface area is 164 Å². The molecule has 1 amide bonds. The number of rotatable bonds is 4. The van der Waals surface area contributed by atoms with Gasteiger partial charge in [-0.15, -0.1) is 0 Å². The third kappa shape index (κ3) is 3.28. The Hall–Kier alpha value is -3.08. The van der Waals surface area contributed by atoms with Crippen molar-refractivity contribution in [2.24, 2.45) is 0 Å². The molecular weight excluding hydrogens is 354 g/mol. The molecule has 4 rings (SSSR count). The third-order valence-electron chi connectivity index (χ3n) is 5.61. The van der Waals surface area contributed by atoms with Crippen LogP contribution in [0.3, 0.4) is 0 Å². The summed E-state index contributed by atoms with van der Waals surface area (Å²) in [5, 5.41) is 2.96. The van der Waals surface area contributed by atoms with Gasteiger partial charge in [-0.2, -0.15) is 0 Å². The number of allylic oxidation sites excluding steroid dienone is 2. The van der Waals surface area contributed by atoms with Crippen LogP contribution in [0.25, 0.3) is 0 Å². The van der Waals surface area contributed by atoms with Gasteiger partial charge in [0.25, 0.3) is 0 Å². The third-order valence-corrected chi connectivity index (χ3v) is 5.61. The number of amides is 1. The average molecular weight is 377 g/mol. The molecule has 0 saturated heterocycles. The van der Waals surface area contributed by atoms with Gasteiger partial charge in [-0.05, 0) is 30.2 Å². The molecular formula is C23H23NO4. The van der Waals surface area contributed by atoms with Gasteiger partial charge in [-0.3, -0.25) is 9.59 Å². The Kier molecular flexibility index (Phi) is 4.90. The van der Waals surface area contributed by atoms with Crippen LogP contribution >= 0.6 is 0 Å². The summed E-state index contributed by atoms with van der Waals surface area (Å²) in [4.78, 5) is 25.5. The predicted molar refractivity (Wildman–Crippen MR) is 105 cm³/mol. The monoisotopic (exact) mass is 377 g/mol. The molecule has 2 unspecified atom stereocenters. The van der Waals surface area contributed by atoms with Crippen LogP contribution in [0, 0.1) is 0 Å². The van der Waals surface area contributed by atoms with Crippen LogP contribution in [0.5, 0.6) is 11.5 Å². The van der Waals surface area contributed by atoms with Gasteiger partial charge in [0.2, 0.25) is 5.91 Å². The SMILES string of the molecule is COc1ccc(OC)c(C2CC(=O)C3=C(C2)NC(=O)CC3c2ccccc2)c1. The molecule has 5 nitrogen and oxygen atoms in total. The minimum atomic E-state index is -0.175. The number of methoxy groups -OCH3 is 2. The highest BCUT2D eigenvalue weighted by Crippen LogP contribution is 2.44. The molecule has 1 aliphatic heterocycles. The lowest BCUT2D eigenvalue weighted by Gasteiger charge is -2.34. The lowest BCUT2D eigenvalue weighted by atomic mass is 9.73. The first-order valence-corrected chi connectivity index (χ1v) is 9.43. The average Bonchev–Trinajstić information content (AvgIpc) is 2.72. The number of carbonyl (C=O) groups is 2. The van der Waals surface area contributed by atoms with Crippen LogP contribution in [-0.2, 0) is 9.59 Å². The van der Waals surface area contributed by atoms with Crippen LogP contribution in [0.2, 0.25) is 0 Å². The molecule has 2 atom stereocenters. The first-order valence-electron chi connectivity index (χ1n) is 9.43. The maximum absolute atomic E-state index is 13.2. The fourth-order valence-electron chi connectivity index (χ4n) is 4.31. The van der Waals surface area contributed by atoms with E-state index in [4.69, 9.17) is 9.47 Å². The summed E-state index contributed by atoms with van der Waals surface area (Å²) in [5.74, 6) is 1.25. The molecule has 1 heterocycles. The van der Waals surface area contributed by atoms with Crippen molar-refractivity contribution >= 4 is 11.7 Å². The minimum absolute atomic E-state index is 0.0429. The van der Waals surface area contributed by atoms with Crippen molar-refractivity contribution in [1.29, 1.82) is 0 Å². The zero-order valence-corrected chi connectivity index (χ0v) is 16.0. The van der Waals surface area contributed by atoms with Crippen molar-refractivity contribution in [1.82, 2.24) is 5.32 Å². The second-order valence-corrected chi connectivity index (χ2v) is 7.24. The number of hydrogen-bond acceptors (Lipinski definition) is 4. The molecule has 144 valence electrons. The topological polar surface area (TPSA) is 64.6 Å². The molecule has 2 aliphatic rings. The maximum atomic E-state index is 13.2. The number of carbonyl (C=O) groups excluding carboxylic acids is 2. The van der Waals surface area contributed by atoms with Crippen LogP contribution < -0.4 is 14.8 Å². The fourth-order valence-corrected chi connectivity index (χ4v) is 4.31. The zero-order chi connectivity index (χ0) is 19.7. The van der Waals surface area contributed by atoms with E-state index in [1.807, 2.05) is 48.5 Å². The second-order valence-electron chi connectivity index (χ2n) is 7.24. The van der Waals surface area contributed by atoms with E-state index in [1.54, 1.807) is 14.2 Å². The summed E-state index contributed by atoms with van der Waals surface area (Å²) >= 11 is 0. The van der Waals surface area contributed by atoms with E-state index in [1.165, 1.54) is 0 Å². The molecule has 2 aromatic carbocycles. The number of ether oxygens (including phenoxy) is 2. The molecule has 1 N–H and O–H groups in total. The van der Waals surface area contributed by atoms with Crippen molar-refractivity contribution < 1.29 is 19.1 Å². The molecule has 0 radical (unpaired) electrons. The highest BCUT2D eigenvalue weighted by atomic mass is 16.5. The van der Waals surface area contributed by atoms with Gasteiger partial charge in [0, 0.05) is 41.5 Å². The van der Waals surface area contributed by atoms with Gasteiger partial charge >= 0.3 is 0 Å². The van der Waals surface area contributed by atoms with E-state index < -0.39 is 0 Å². The van der Waals surface area contributed by atoms with Crippen molar-refractivity contribution in [3.8, 4) is 11.5 Å². The number of Topliss-reactive ketones (excluding diaryl/α,β-unsaturated/α-hetero) is 1. The number of ketones is 1. The molecule has 0 fully saturated rings. The summed E-state index contributed by atoms with van der Waals surface area (Å²) in [5.41, 5.74) is 3.44. The number of nitrogens with one attached hydrogen (secondary N) is 1. The van der Waals surface area contributed by atoms with Gasteiger partial charge in [0.15, 0.2) is 5.78 Å². The summed E-state index contributed by atoms with van der Waals surface area (Å²) in [7, 11) is 3.23. The second kappa shape index (κ2) is 7.50. The van der Waals surface area contributed by atoms with E-state index in [2.05, 4.69) is 5.32 Å². The Morgan fingerprint density at radius 3 is 2.43 bits per heavy atom. The van der Waals surface area contributed by atoms with Crippen LogP contribution in [-0.4, -0.2) is 25.9 Å². The molecule has 0 spiro atoms. The Morgan fingerprint density at radius 1 is 0.929 bits per heavy atom. The molecule has 2 aromatic rings. The largest absolute Gasteiger partial charge is 0.497 e. The zero-order valence-electron chi connectivity index (χ0n) is 16.0. The quantitative estimate of drug-likeness (QED) is 0.882. The van der Waals surface area contributed by atoms with Crippen molar-refractivity contribution in [2.45, 2.75) is 31.1 Å². The summed E-state index contributed by atoms with van der Waals surface area (Å²) in [6.07, 6.45) is 1.29. The number of hydrogen-bond donors (Lipinski definition) is 1. The Bertz CT molecular complexity index is 948. The van der Waals surface area contributed by atoms with E-state index in [0.29, 0.717) is 19.3 Å². The van der Waals surface area contributed by atoms with Crippen LogP contribution in [0.1, 0.15) is 42.2 Å². The van der Waals surface area contributed by atoms with Gasteiger partial charge in [-0.1, -0.05) is 30.3 Å². The molecule has 0 aromatic heterocycles. The van der Waals surface area contributed by atoms with Crippen molar-refractivity contribution in [3.63, 3.8) is 0 Å². The van der Waals surface area contributed by atoms with E-state index in [0.717, 1.165) is 33.9 Å². The van der Waals surface area contributed by atoms with Gasteiger partial charge in [0.05, 0.1) is 14.2 Å². The smallest absolute Gasteiger partial charge is 0.225 e. The molecule has 1 aliphatic carbocycles. The summed E-state index contributed by atoms with van der Waals surface area (Å²) in [6, 6.07) is 15.4. The number of benzene rings is 2. The summed E-state index contributed by atoms with van der Waals surface area (Å²) < 4.78 is 10.9. The predicted octanol–water partition coefficient (Wildman–Crippen LogP) is 3.71.